The minimum absolute atomic E-state index is 0.787. The fraction of sp³-hybridized carbons (Fsp3) is 0.692. The zero-order chi connectivity index (χ0) is 11.4. The van der Waals surface area contributed by atoms with Crippen molar-refractivity contribution in [2.24, 2.45) is 11.7 Å². The molecule has 1 aliphatic rings. The van der Waals surface area contributed by atoms with E-state index in [2.05, 4.69) is 11.0 Å². The van der Waals surface area contributed by atoms with Crippen molar-refractivity contribution in [3.8, 4) is 0 Å². The molecule has 1 fully saturated rings. The maximum atomic E-state index is 5.62. The van der Waals surface area contributed by atoms with Gasteiger partial charge in [-0.2, -0.15) is 0 Å². The van der Waals surface area contributed by atoms with E-state index in [4.69, 9.17) is 10.2 Å². The zero-order valence-electron chi connectivity index (χ0n) is 10.1. The Bertz CT molecular complexity index is 319. The molecule has 2 rings (SSSR count). The van der Waals surface area contributed by atoms with Crippen molar-refractivity contribution < 1.29 is 4.42 Å². The summed E-state index contributed by atoms with van der Waals surface area (Å²) in [6, 6.07) is 4.12. The van der Waals surface area contributed by atoms with Crippen LogP contribution >= 0.6 is 0 Å². The third-order valence-electron chi connectivity index (χ3n) is 3.35. The molecule has 1 aromatic heterocycles. The minimum atomic E-state index is 0.787. The van der Waals surface area contributed by atoms with Crippen molar-refractivity contribution in [2.75, 3.05) is 19.6 Å². The van der Waals surface area contributed by atoms with Gasteiger partial charge in [0.15, 0.2) is 0 Å². The Balaban J connectivity index is 1.85. The molecule has 3 nitrogen and oxygen atoms in total. The lowest BCUT2D eigenvalue weighted by Crippen LogP contribution is -2.35. The van der Waals surface area contributed by atoms with Crippen molar-refractivity contribution in [2.45, 2.75) is 32.7 Å². The number of likely N-dealkylation sites (tertiary alicyclic amines) is 1. The average Bonchev–Trinajstić information content (AvgIpc) is 2.65. The summed E-state index contributed by atoms with van der Waals surface area (Å²) in [5, 5.41) is 0. The quantitative estimate of drug-likeness (QED) is 0.848. The van der Waals surface area contributed by atoms with Gasteiger partial charge in [-0.05, 0) is 57.3 Å². The number of furan rings is 1. The molecule has 16 heavy (non-hydrogen) atoms. The van der Waals surface area contributed by atoms with Gasteiger partial charge in [-0.25, -0.2) is 0 Å². The largest absolute Gasteiger partial charge is 0.465 e. The van der Waals surface area contributed by atoms with E-state index in [0.29, 0.717) is 0 Å². The first-order chi connectivity index (χ1) is 7.78. The molecule has 2 heterocycles. The predicted octanol–water partition coefficient (Wildman–Crippen LogP) is 2.15. The fourth-order valence-corrected chi connectivity index (χ4v) is 2.56. The van der Waals surface area contributed by atoms with Crippen LogP contribution in [0, 0.1) is 12.8 Å². The highest BCUT2D eigenvalue weighted by atomic mass is 16.3. The second kappa shape index (κ2) is 5.51. The second-order valence-corrected chi connectivity index (χ2v) is 4.83. The Hall–Kier alpha value is -0.800. The van der Waals surface area contributed by atoms with Crippen LogP contribution in [0.15, 0.2) is 16.5 Å². The van der Waals surface area contributed by atoms with Crippen LogP contribution in [0.5, 0.6) is 0 Å². The molecule has 3 heteroatoms. The zero-order valence-corrected chi connectivity index (χ0v) is 10.1. The van der Waals surface area contributed by atoms with Crippen LogP contribution in [0.3, 0.4) is 0 Å². The molecular weight excluding hydrogens is 200 g/mol. The Labute approximate surface area is 97.6 Å². The summed E-state index contributed by atoms with van der Waals surface area (Å²) in [6.45, 7) is 6.14. The molecule has 0 radical (unpaired) electrons. The van der Waals surface area contributed by atoms with Crippen molar-refractivity contribution >= 4 is 0 Å². The fourth-order valence-electron chi connectivity index (χ4n) is 2.56. The molecule has 1 atom stereocenters. The Kier molecular flexibility index (Phi) is 4.02. The van der Waals surface area contributed by atoms with Gasteiger partial charge in [0, 0.05) is 6.54 Å². The van der Waals surface area contributed by atoms with E-state index >= 15 is 0 Å². The van der Waals surface area contributed by atoms with Crippen LogP contribution in [0.1, 0.15) is 30.8 Å². The van der Waals surface area contributed by atoms with Crippen LogP contribution in [0.2, 0.25) is 0 Å². The van der Waals surface area contributed by atoms with Crippen molar-refractivity contribution in [1.82, 2.24) is 4.90 Å². The molecule has 1 aromatic rings. The smallest absolute Gasteiger partial charge is 0.118 e. The van der Waals surface area contributed by atoms with E-state index in [0.717, 1.165) is 36.9 Å². The van der Waals surface area contributed by atoms with E-state index in [1.54, 1.807) is 0 Å². The highest BCUT2D eigenvalue weighted by Crippen LogP contribution is 2.21. The maximum Gasteiger partial charge on any atom is 0.118 e. The van der Waals surface area contributed by atoms with Crippen LogP contribution in [0.4, 0.5) is 0 Å². The van der Waals surface area contributed by atoms with Gasteiger partial charge < -0.3 is 10.2 Å². The molecule has 2 N–H and O–H groups in total. The molecule has 1 saturated heterocycles. The minimum Gasteiger partial charge on any atom is -0.465 e. The lowest BCUT2D eigenvalue weighted by atomic mass is 9.95. The lowest BCUT2D eigenvalue weighted by Gasteiger charge is -2.31. The number of piperidine rings is 1. The average molecular weight is 222 g/mol. The third-order valence-corrected chi connectivity index (χ3v) is 3.35. The molecule has 90 valence electrons. The molecule has 1 unspecified atom stereocenters. The summed E-state index contributed by atoms with van der Waals surface area (Å²) in [5.41, 5.74) is 5.62. The number of nitrogens with zero attached hydrogens (tertiary/aromatic N) is 1. The lowest BCUT2D eigenvalue weighted by molar-refractivity contribution is 0.152. The topological polar surface area (TPSA) is 42.4 Å². The number of hydrogen-bond donors (Lipinski definition) is 1. The highest BCUT2D eigenvalue weighted by Gasteiger charge is 2.19. The summed E-state index contributed by atoms with van der Waals surface area (Å²) in [6.07, 6.45) is 3.79. The molecule has 1 aliphatic heterocycles. The number of hydrogen-bond acceptors (Lipinski definition) is 3. The van der Waals surface area contributed by atoms with Gasteiger partial charge in [0.25, 0.3) is 0 Å². The van der Waals surface area contributed by atoms with Gasteiger partial charge in [-0.15, -0.1) is 0 Å². The first-order valence-corrected chi connectivity index (χ1v) is 6.25. The summed E-state index contributed by atoms with van der Waals surface area (Å²) in [4.78, 5) is 2.49. The van der Waals surface area contributed by atoms with E-state index in [9.17, 15) is 0 Å². The number of aryl methyl sites for hydroxylation is 1. The molecule has 0 saturated carbocycles. The standard InChI is InChI=1S/C13H22N2O/c1-11-4-5-13(16-11)10-15-8-2-3-12(9-15)6-7-14/h4-5,12H,2-3,6-10,14H2,1H3. The summed E-state index contributed by atoms with van der Waals surface area (Å²) >= 11 is 0. The van der Waals surface area contributed by atoms with Gasteiger partial charge in [0.1, 0.15) is 11.5 Å². The van der Waals surface area contributed by atoms with Gasteiger partial charge in [0.05, 0.1) is 6.54 Å². The van der Waals surface area contributed by atoms with E-state index in [-0.39, 0.29) is 0 Å². The molecular formula is C13H22N2O. The number of rotatable bonds is 4. The Morgan fingerprint density at radius 3 is 3.06 bits per heavy atom. The van der Waals surface area contributed by atoms with Gasteiger partial charge in [0.2, 0.25) is 0 Å². The molecule has 0 amide bonds. The molecule has 0 spiro atoms. The molecule has 0 bridgehead atoms. The summed E-state index contributed by atoms with van der Waals surface area (Å²) in [5.74, 6) is 2.88. The monoisotopic (exact) mass is 222 g/mol. The Morgan fingerprint density at radius 2 is 2.38 bits per heavy atom. The van der Waals surface area contributed by atoms with Gasteiger partial charge in [-0.3, -0.25) is 4.90 Å². The van der Waals surface area contributed by atoms with Crippen molar-refractivity contribution in [3.63, 3.8) is 0 Å². The summed E-state index contributed by atoms with van der Waals surface area (Å²) in [7, 11) is 0. The first kappa shape index (κ1) is 11.7. The highest BCUT2D eigenvalue weighted by molar-refractivity contribution is 5.05. The van der Waals surface area contributed by atoms with Crippen LogP contribution < -0.4 is 5.73 Å². The predicted molar refractivity (Wildman–Crippen MR) is 65.1 cm³/mol. The van der Waals surface area contributed by atoms with Crippen molar-refractivity contribution in [3.05, 3.63) is 23.7 Å². The van der Waals surface area contributed by atoms with Crippen LogP contribution in [0.25, 0.3) is 0 Å². The van der Waals surface area contributed by atoms with Crippen LogP contribution in [-0.4, -0.2) is 24.5 Å². The van der Waals surface area contributed by atoms with E-state index < -0.39 is 0 Å². The SMILES string of the molecule is Cc1ccc(CN2CCCC(CCN)C2)o1. The van der Waals surface area contributed by atoms with E-state index in [1.807, 2.05) is 13.0 Å². The van der Waals surface area contributed by atoms with Crippen LogP contribution in [-0.2, 0) is 6.54 Å². The first-order valence-electron chi connectivity index (χ1n) is 6.25. The number of nitrogens with two attached hydrogens (primary N) is 1. The Morgan fingerprint density at radius 1 is 1.50 bits per heavy atom. The summed E-state index contributed by atoms with van der Waals surface area (Å²) < 4.78 is 5.62. The van der Waals surface area contributed by atoms with Gasteiger partial charge >= 0.3 is 0 Å². The van der Waals surface area contributed by atoms with Crippen molar-refractivity contribution in [1.29, 1.82) is 0 Å². The normalized spacial score (nSPS) is 22.5. The molecule has 0 aliphatic carbocycles. The van der Waals surface area contributed by atoms with Gasteiger partial charge in [-0.1, -0.05) is 0 Å². The second-order valence-electron chi connectivity index (χ2n) is 4.83. The third kappa shape index (κ3) is 3.09. The maximum absolute atomic E-state index is 5.62. The molecule has 0 aromatic carbocycles. The van der Waals surface area contributed by atoms with E-state index in [1.165, 1.54) is 25.9 Å².